The van der Waals surface area contributed by atoms with Gasteiger partial charge in [-0.15, -0.1) is 0 Å². The molecular weight excluding hydrogens is 238 g/mol. The van der Waals surface area contributed by atoms with Crippen LogP contribution in [0.15, 0.2) is 18.2 Å². The summed E-state index contributed by atoms with van der Waals surface area (Å²) in [5, 5.41) is 3.01. The van der Waals surface area contributed by atoms with E-state index in [2.05, 4.69) is 5.32 Å². The van der Waals surface area contributed by atoms with E-state index < -0.39 is 11.6 Å². The highest BCUT2D eigenvalue weighted by Crippen LogP contribution is 2.24. The average Bonchev–Trinajstić information content (AvgIpc) is 2.64. The third-order valence-corrected chi connectivity index (χ3v) is 2.90. The molecule has 0 spiro atoms. The van der Waals surface area contributed by atoms with Crippen LogP contribution in [0.25, 0.3) is 0 Å². The van der Waals surface area contributed by atoms with Gasteiger partial charge in [-0.1, -0.05) is 19.9 Å². The summed E-state index contributed by atoms with van der Waals surface area (Å²) >= 11 is 0. The van der Waals surface area contributed by atoms with Crippen LogP contribution in [0.1, 0.15) is 25.6 Å². The van der Waals surface area contributed by atoms with Crippen molar-refractivity contribution < 1.29 is 13.6 Å². The fourth-order valence-corrected chi connectivity index (χ4v) is 2.12. The highest BCUT2D eigenvalue weighted by Gasteiger charge is 2.32. The van der Waals surface area contributed by atoms with Crippen molar-refractivity contribution >= 4 is 5.91 Å². The summed E-state index contributed by atoms with van der Waals surface area (Å²) < 4.78 is 26.1. The van der Waals surface area contributed by atoms with Gasteiger partial charge in [0.1, 0.15) is 6.17 Å². The van der Waals surface area contributed by atoms with Crippen molar-refractivity contribution in [1.29, 1.82) is 0 Å². The van der Waals surface area contributed by atoms with Crippen LogP contribution >= 0.6 is 0 Å². The Morgan fingerprint density at radius 3 is 2.72 bits per heavy atom. The van der Waals surface area contributed by atoms with Crippen LogP contribution < -0.4 is 5.32 Å². The first-order valence-electron chi connectivity index (χ1n) is 5.97. The lowest BCUT2D eigenvalue weighted by Crippen LogP contribution is -2.33. The molecule has 1 aliphatic rings. The maximum Gasteiger partial charge on any atom is 0.238 e. The van der Waals surface area contributed by atoms with Gasteiger partial charge >= 0.3 is 0 Å². The first-order chi connectivity index (χ1) is 8.49. The molecule has 1 unspecified atom stereocenters. The molecule has 1 amide bonds. The summed E-state index contributed by atoms with van der Waals surface area (Å²) in [7, 11) is 0. The molecule has 1 N–H and O–H groups in total. The third kappa shape index (κ3) is 2.51. The zero-order valence-corrected chi connectivity index (χ0v) is 10.4. The van der Waals surface area contributed by atoms with Gasteiger partial charge in [0.05, 0.1) is 6.54 Å². The summed E-state index contributed by atoms with van der Waals surface area (Å²) in [6.45, 7) is 4.84. The predicted molar refractivity (Wildman–Crippen MR) is 63.7 cm³/mol. The Balaban J connectivity index is 2.25. The molecule has 98 valence electrons. The molecule has 1 aliphatic heterocycles. The van der Waals surface area contributed by atoms with Crippen molar-refractivity contribution in [2.75, 3.05) is 13.1 Å². The zero-order valence-electron chi connectivity index (χ0n) is 10.4. The Hall–Kier alpha value is -1.49. The van der Waals surface area contributed by atoms with Gasteiger partial charge < -0.3 is 4.90 Å². The van der Waals surface area contributed by atoms with E-state index in [-0.39, 0.29) is 18.6 Å². The maximum absolute atomic E-state index is 13.2. The molecule has 0 aliphatic carbocycles. The van der Waals surface area contributed by atoms with Crippen LogP contribution in [0, 0.1) is 17.6 Å². The average molecular weight is 254 g/mol. The standard InChI is InChI=1S/C13H16F2N2O/c1-8(2)7-17-12(18)6-16-13(17)9-3-4-10(14)11(15)5-9/h3-5,8,13,16H,6-7H2,1-2H3. The number of carbonyl (C=O) groups is 1. The number of nitrogens with zero attached hydrogens (tertiary/aromatic N) is 1. The van der Waals surface area contributed by atoms with E-state index in [4.69, 9.17) is 0 Å². The third-order valence-electron chi connectivity index (χ3n) is 2.90. The fraction of sp³-hybridized carbons (Fsp3) is 0.462. The number of hydrogen-bond acceptors (Lipinski definition) is 2. The minimum absolute atomic E-state index is 0.0153. The number of halogens is 2. The molecule has 0 radical (unpaired) electrons. The van der Waals surface area contributed by atoms with Gasteiger partial charge in [-0.3, -0.25) is 10.1 Å². The molecule has 2 rings (SSSR count). The lowest BCUT2D eigenvalue weighted by Gasteiger charge is -2.26. The second-order valence-electron chi connectivity index (χ2n) is 4.90. The molecule has 1 atom stereocenters. The molecule has 1 aromatic carbocycles. The fourth-order valence-electron chi connectivity index (χ4n) is 2.12. The Kier molecular flexibility index (Phi) is 3.61. The van der Waals surface area contributed by atoms with Gasteiger partial charge in [0.15, 0.2) is 11.6 Å². The molecular formula is C13H16F2N2O. The van der Waals surface area contributed by atoms with Gasteiger partial charge in [0.25, 0.3) is 0 Å². The van der Waals surface area contributed by atoms with Crippen LogP contribution in [-0.4, -0.2) is 23.9 Å². The first kappa shape index (κ1) is 13.0. The summed E-state index contributed by atoms with van der Waals surface area (Å²) in [6.07, 6.45) is -0.366. The Morgan fingerprint density at radius 2 is 2.11 bits per heavy atom. The smallest absolute Gasteiger partial charge is 0.238 e. The number of nitrogens with one attached hydrogen (secondary N) is 1. The van der Waals surface area contributed by atoms with E-state index in [0.717, 1.165) is 12.1 Å². The highest BCUT2D eigenvalue weighted by atomic mass is 19.2. The summed E-state index contributed by atoms with van der Waals surface area (Å²) in [4.78, 5) is 13.4. The van der Waals surface area contributed by atoms with Gasteiger partial charge in [-0.25, -0.2) is 8.78 Å². The second kappa shape index (κ2) is 5.02. The molecule has 0 bridgehead atoms. The van der Waals surface area contributed by atoms with Crippen LogP contribution in [-0.2, 0) is 4.79 Å². The molecule has 1 heterocycles. The normalized spacial score (nSPS) is 19.9. The number of rotatable bonds is 3. The number of carbonyl (C=O) groups excluding carboxylic acids is 1. The molecule has 1 aromatic rings. The molecule has 0 saturated carbocycles. The van der Waals surface area contributed by atoms with E-state index >= 15 is 0 Å². The molecule has 0 aromatic heterocycles. The maximum atomic E-state index is 13.2. The van der Waals surface area contributed by atoms with Crippen LogP contribution in [0.2, 0.25) is 0 Å². The lowest BCUT2D eigenvalue weighted by atomic mass is 10.1. The van der Waals surface area contributed by atoms with Crippen molar-refractivity contribution in [3.8, 4) is 0 Å². The monoisotopic (exact) mass is 254 g/mol. The van der Waals surface area contributed by atoms with Gasteiger partial charge in [0, 0.05) is 6.54 Å². The van der Waals surface area contributed by atoms with Crippen molar-refractivity contribution in [2.24, 2.45) is 5.92 Å². The minimum atomic E-state index is -0.891. The molecule has 1 saturated heterocycles. The number of amides is 1. The molecule has 18 heavy (non-hydrogen) atoms. The van der Waals surface area contributed by atoms with E-state index in [0.29, 0.717) is 18.0 Å². The van der Waals surface area contributed by atoms with E-state index in [1.54, 1.807) is 4.90 Å². The number of benzene rings is 1. The summed E-state index contributed by atoms with van der Waals surface area (Å²) in [6, 6.07) is 3.73. The van der Waals surface area contributed by atoms with Crippen LogP contribution in [0.5, 0.6) is 0 Å². The highest BCUT2D eigenvalue weighted by molar-refractivity contribution is 5.80. The topological polar surface area (TPSA) is 32.3 Å². The van der Waals surface area contributed by atoms with Crippen molar-refractivity contribution in [3.63, 3.8) is 0 Å². The summed E-state index contributed by atoms with van der Waals surface area (Å²) in [5.74, 6) is -1.46. The van der Waals surface area contributed by atoms with Gasteiger partial charge in [0.2, 0.25) is 5.91 Å². The SMILES string of the molecule is CC(C)CN1C(=O)CNC1c1ccc(F)c(F)c1. The number of hydrogen-bond donors (Lipinski definition) is 1. The lowest BCUT2D eigenvalue weighted by molar-refractivity contribution is -0.128. The van der Waals surface area contributed by atoms with Gasteiger partial charge in [-0.2, -0.15) is 0 Å². The first-order valence-corrected chi connectivity index (χ1v) is 5.97. The van der Waals surface area contributed by atoms with Crippen LogP contribution in [0.3, 0.4) is 0 Å². The predicted octanol–water partition coefficient (Wildman–Crippen LogP) is 2.05. The van der Waals surface area contributed by atoms with E-state index in [9.17, 15) is 13.6 Å². The summed E-state index contributed by atoms with van der Waals surface area (Å²) in [5.41, 5.74) is 0.570. The van der Waals surface area contributed by atoms with Crippen molar-refractivity contribution in [2.45, 2.75) is 20.0 Å². The largest absolute Gasteiger partial charge is 0.322 e. The Labute approximate surface area is 105 Å². The Bertz CT molecular complexity index is 462. The van der Waals surface area contributed by atoms with Gasteiger partial charge in [-0.05, 0) is 23.6 Å². The quantitative estimate of drug-likeness (QED) is 0.895. The second-order valence-corrected chi connectivity index (χ2v) is 4.90. The van der Waals surface area contributed by atoms with Crippen molar-refractivity contribution in [3.05, 3.63) is 35.4 Å². The molecule has 1 fully saturated rings. The van der Waals surface area contributed by atoms with Crippen molar-refractivity contribution in [1.82, 2.24) is 10.2 Å². The zero-order chi connectivity index (χ0) is 13.3. The van der Waals surface area contributed by atoms with E-state index in [1.807, 2.05) is 13.8 Å². The minimum Gasteiger partial charge on any atom is -0.322 e. The molecule has 5 heteroatoms. The molecule has 3 nitrogen and oxygen atoms in total. The Morgan fingerprint density at radius 1 is 1.39 bits per heavy atom. The van der Waals surface area contributed by atoms with E-state index in [1.165, 1.54) is 6.07 Å². The van der Waals surface area contributed by atoms with Crippen LogP contribution in [0.4, 0.5) is 8.78 Å².